The van der Waals surface area contributed by atoms with E-state index in [9.17, 15) is 4.79 Å². The molecular weight excluding hydrogens is 206 g/mol. The van der Waals surface area contributed by atoms with Gasteiger partial charge in [-0.3, -0.25) is 0 Å². The van der Waals surface area contributed by atoms with Gasteiger partial charge in [-0.15, -0.1) is 0 Å². The van der Waals surface area contributed by atoms with E-state index in [-0.39, 0.29) is 5.97 Å². The molecule has 1 atom stereocenters. The monoisotopic (exact) mass is 221 g/mol. The van der Waals surface area contributed by atoms with Gasteiger partial charge in [0.1, 0.15) is 12.4 Å². The summed E-state index contributed by atoms with van der Waals surface area (Å²) in [5.41, 5.74) is 3.07. The summed E-state index contributed by atoms with van der Waals surface area (Å²) in [5.74, 6) is 0.524. The standard InChI is InChI=1S/C12H15NO3/c1-7-4-8(2)11-9(5-7)13-10(6-16-11)12(14)15-3/h4-5,10,13H,6H2,1-3H3. The van der Waals surface area contributed by atoms with E-state index in [0.717, 1.165) is 22.6 Å². The highest BCUT2D eigenvalue weighted by atomic mass is 16.5. The van der Waals surface area contributed by atoms with E-state index >= 15 is 0 Å². The molecule has 0 aliphatic carbocycles. The van der Waals surface area contributed by atoms with Gasteiger partial charge in [0.05, 0.1) is 12.8 Å². The maximum Gasteiger partial charge on any atom is 0.331 e. The molecule has 0 radical (unpaired) electrons. The van der Waals surface area contributed by atoms with Crippen LogP contribution in [0.4, 0.5) is 5.69 Å². The Morgan fingerprint density at radius 3 is 2.94 bits per heavy atom. The number of hydrogen-bond acceptors (Lipinski definition) is 4. The topological polar surface area (TPSA) is 47.6 Å². The summed E-state index contributed by atoms with van der Waals surface area (Å²) in [6.07, 6.45) is 0. The van der Waals surface area contributed by atoms with Gasteiger partial charge in [-0.1, -0.05) is 6.07 Å². The Hall–Kier alpha value is -1.71. The molecule has 0 saturated heterocycles. The molecule has 86 valence electrons. The summed E-state index contributed by atoms with van der Waals surface area (Å²) in [6.45, 7) is 4.31. The minimum absolute atomic E-state index is 0.301. The minimum atomic E-state index is -0.418. The average Bonchev–Trinajstić information content (AvgIpc) is 2.27. The number of nitrogens with one attached hydrogen (secondary N) is 1. The molecule has 1 unspecified atom stereocenters. The van der Waals surface area contributed by atoms with E-state index < -0.39 is 6.04 Å². The quantitative estimate of drug-likeness (QED) is 0.732. The summed E-state index contributed by atoms with van der Waals surface area (Å²) in [7, 11) is 1.38. The normalized spacial score (nSPS) is 18.1. The maximum atomic E-state index is 11.4. The van der Waals surface area contributed by atoms with Crippen molar-refractivity contribution in [1.82, 2.24) is 0 Å². The summed E-state index contributed by atoms with van der Waals surface area (Å²) in [5, 5.41) is 3.13. The molecule has 1 aromatic carbocycles. The van der Waals surface area contributed by atoms with Crippen molar-refractivity contribution in [2.45, 2.75) is 19.9 Å². The summed E-state index contributed by atoms with van der Waals surface area (Å²) >= 11 is 0. The van der Waals surface area contributed by atoms with Crippen LogP contribution in [0.2, 0.25) is 0 Å². The summed E-state index contributed by atoms with van der Waals surface area (Å²) in [4.78, 5) is 11.4. The Morgan fingerprint density at radius 2 is 2.25 bits per heavy atom. The van der Waals surface area contributed by atoms with Crippen molar-refractivity contribution >= 4 is 11.7 Å². The number of rotatable bonds is 1. The zero-order valence-corrected chi connectivity index (χ0v) is 9.66. The SMILES string of the molecule is COC(=O)C1COc2c(C)cc(C)cc2N1. The smallest absolute Gasteiger partial charge is 0.331 e. The molecule has 0 saturated carbocycles. The Kier molecular flexibility index (Phi) is 2.73. The van der Waals surface area contributed by atoms with Crippen LogP contribution in [0.5, 0.6) is 5.75 Å². The van der Waals surface area contributed by atoms with Crippen molar-refractivity contribution < 1.29 is 14.3 Å². The zero-order chi connectivity index (χ0) is 11.7. The van der Waals surface area contributed by atoms with E-state index in [2.05, 4.69) is 16.1 Å². The van der Waals surface area contributed by atoms with Gasteiger partial charge in [0.2, 0.25) is 0 Å². The molecule has 0 aromatic heterocycles. The van der Waals surface area contributed by atoms with E-state index in [1.807, 2.05) is 19.9 Å². The summed E-state index contributed by atoms with van der Waals surface area (Å²) < 4.78 is 10.3. The lowest BCUT2D eigenvalue weighted by molar-refractivity contribution is -0.142. The van der Waals surface area contributed by atoms with Gasteiger partial charge >= 0.3 is 5.97 Å². The van der Waals surface area contributed by atoms with Gasteiger partial charge in [-0.25, -0.2) is 4.79 Å². The second-order valence-electron chi connectivity index (χ2n) is 3.99. The molecule has 0 bridgehead atoms. The molecule has 1 aromatic rings. The van der Waals surface area contributed by atoms with Crippen LogP contribution in [0, 0.1) is 13.8 Å². The predicted molar refractivity (Wildman–Crippen MR) is 60.8 cm³/mol. The third-order valence-corrected chi connectivity index (χ3v) is 2.63. The van der Waals surface area contributed by atoms with Crippen molar-refractivity contribution in [3.05, 3.63) is 23.3 Å². The Morgan fingerprint density at radius 1 is 1.50 bits per heavy atom. The van der Waals surface area contributed by atoms with Gasteiger partial charge in [0, 0.05) is 0 Å². The molecule has 0 fully saturated rings. The molecule has 1 N–H and O–H groups in total. The first-order chi connectivity index (χ1) is 7.61. The molecule has 2 rings (SSSR count). The molecule has 4 nitrogen and oxygen atoms in total. The van der Waals surface area contributed by atoms with Crippen molar-refractivity contribution in [2.24, 2.45) is 0 Å². The number of benzene rings is 1. The average molecular weight is 221 g/mol. The lowest BCUT2D eigenvalue weighted by atomic mass is 10.1. The second kappa shape index (κ2) is 4.04. The van der Waals surface area contributed by atoms with Crippen molar-refractivity contribution in [3.8, 4) is 5.75 Å². The zero-order valence-electron chi connectivity index (χ0n) is 9.66. The Labute approximate surface area is 94.6 Å². The number of esters is 1. The van der Waals surface area contributed by atoms with Crippen molar-refractivity contribution in [1.29, 1.82) is 0 Å². The van der Waals surface area contributed by atoms with Gasteiger partial charge in [0.15, 0.2) is 6.04 Å². The van der Waals surface area contributed by atoms with Crippen LogP contribution >= 0.6 is 0 Å². The van der Waals surface area contributed by atoms with Crippen molar-refractivity contribution in [3.63, 3.8) is 0 Å². The molecule has 16 heavy (non-hydrogen) atoms. The predicted octanol–water partition coefficient (Wildman–Crippen LogP) is 1.65. The fraction of sp³-hybridized carbons (Fsp3) is 0.417. The van der Waals surface area contributed by atoms with E-state index in [4.69, 9.17) is 4.74 Å². The fourth-order valence-corrected chi connectivity index (χ4v) is 1.92. The molecule has 4 heteroatoms. The largest absolute Gasteiger partial charge is 0.488 e. The van der Waals surface area contributed by atoms with Gasteiger partial charge in [-0.2, -0.15) is 0 Å². The van der Waals surface area contributed by atoms with Crippen LogP contribution < -0.4 is 10.1 Å². The highest BCUT2D eigenvalue weighted by molar-refractivity contribution is 5.81. The van der Waals surface area contributed by atoms with Crippen LogP contribution in [0.25, 0.3) is 0 Å². The first kappa shape index (κ1) is 10.8. The van der Waals surface area contributed by atoms with E-state index in [1.165, 1.54) is 7.11 Å². The number of carbonyl (C=O) groups excluding carboxylic acids is 1. The number of anilines is 1. The lowest BCUT2D eigenvalue weighted by Gasteiger charge is -2.27. The lowest BCUT2D eigenvalue weighted by Crippen LogP contribution is -2.39. The number of fused-ring (bicyclic) bond motifs is 1. The van der Waals surface area contributed by atoms with Crippen molar-refractivity contribution in [2.75, 3.05) is 19.0 Å². The second-order valence-corrected chi connectivity index (χ2v) is 3.99. The number of aryl methyl sites for hydroxylation is 2. The number of ether oxygens (including phenoxy) is 2. The number of hydrogen-bond donors (Lipinski definition) is 1. The highest BCUT2D eigenvalue weighted by Gasteiger charge is 2.26. The minimum Gasteiger partial charge on any atom is -0.488 e. The Bertz CT molecular complexity index is 429. The van der Waals surface area contributed by atoms with Gasteiger partial charge in [-0.05, 0) is 31.0 Å². The number of methoxy groups -OCH3 is 1. The van der Waals surface area contributed by atoms with Gasteiger partial charge < -0.3 is 14.8 Å². The molecule has 0 amide bonds. The van der Waals surface area contributed by atoms with Crippen LogP contribution in [-0.4, -0.2) is 25.7 Å². The highest BCUT2D eigenvalue weighted by Crippen LogP contribution is 2.33. The Balaban J connectivity index is 2.30. The van der Waals surface area contributed by atoms with E-state index in [1.54, 1.807) is 0 Å². The first-order valence-electron chi connectivity index (χ1n) is 5.20. The van der Waals surface area contributed by atoms with Crippen LogP contribution in [-0.2, 0) is 9.53 Å². The molecule has 1 aliphatic rings. The third-order valence-electron chi connectivity index (χ3n) is 2.63. The third kappa shape index (κ3) is 1.83. The molecule has 1 aliphatic heterocycles. The molecule has 0 spiro atoms. The fourth-order valence-electron chi connectivity index (χ4n) is 1.92. The van der Waals surface area contributed by atoms with Crippen LogP contribution in [0.15, 0.2) is 12.1 Å². The first-order valence-corrected chi connectivity index (χ1v) is 5.20. The van der Waals surface area contributed by atoms with Crippen LogP contribution in [0.1, 0.15) is 11.1 Å². The van der Waals surface area contributed by atoms with Crippen LogP contribution in [0.3, 0.4) is 0 Å². The van der Waals surface area contributed by atoms with Gasteiger partial charge in [0.25, 0.3) is 0 Å². The molecular formula is C12H15NO3. The van der Waals surface area contributed by atoms with E-state index in [0.29, 0.717) is 6.61 Å². The number of carbonyl (C=O) groups is 1. The summed E-state index contributed by atoms with van der Waals surface area (Å²) in [6, 6.07) is 3.61. The maximum absolute atomic E-state index is 11.4. The molecule has 1 heterocycles.